The average molecular weight is 214 g/mol. The van der Waals surface area contributed by atoms with E-state index in [0.29, 0.717) is 0 Å². The number of nitro benzene ring substituents is 1. The van der Waals surface area contributed by atoms with Gasteiger partial charge in [-0.2, -0.15) is 0 Å². The molecule has 15 heavy (non-hydrogen) atoms. The van der Waals surface area contributed by atoms with Crippen LogP contribution >= 0.6 is 0 Å². The number of nitrogens with one attached hydrogen (secondary N) is 1. The molecule has 0 amide bonds. The first kappa shape index (κ1) is 10.9. The maximum absolute atomic E-state index is 12.7. The molecule has 80 valence electrons. The number of hydrogen-bond donors (Lipinski definition) is 1. The van der Waals surface area contributed by atoms with E-state index in [0.717, 1.165) is 25.1 Å². The van der Waals surface area contributed by atoms with Gasteiger partial charge < -0.3 is 4.84 Å². The molecule has 0 bridgehead atoms. The van der Waals surface area contributed by atoms with Crippen molar-refractivity contribution in [2.24, 2.45) is 0 Å². The molecule has 0 aliphatic carbocycles. The number of hydrogen-bond acceptors (Lipinski definition) is 5. The summed E-state index contributed by atoms with van der Waals surface area (Å²) in [7, 11) is 0. The molecule has 0 aliphatic heterocycles. The van der Waals surface area contributed by atoms with E-state index in [1.807, 2.05) is 5.48 Å². The highest BCUT2D eigenvalue weighted by Gasteiger charge is 2.15. The minimum atomic E-state index is -0.717. The van der Waals surface area contributed by atoms with E-state index >= 15 is 0 Å². The number of nitrogens with zero attached hydrogens (tertiary/aromatic N) is 1. The number of halogens is 1. The molecular formula is C8H7FN2O4. The maximum Gasteiger partial charge on any atom is 0.329 e. The van der Waals surface area contributed by atoms with Gasteiger partial charge in [-0.05, 0) is 6.07 Å². The largest absolute Gasteiger partial charge is 0.344 e. The first-order chi connectivity index (χ1) is 7.00. The van der Waals surface area contributed by atoms with Gasteiger partial charge in [-0.1, -0.05) is 0 Å². The molecule has 0 heterocycles. The van der Waals surface area contributed by atoms with Gasteiger partial charge in [0.1, 0.15) is 5.82 Å². The molecular weight excluding hydrogens is 207 g/mol. The Bertz CT molecular complexity index is 408. The number of anilines is 1. The van der Waals surface area contributed by atoms with Crippen LogP contribution in [0.4, 0.5) is 15.8 Å². The van der Waals surface area contributed by atoms with E-state index in [1.54, 1.807) is 0 Å². The van der Waals surface area contributed by atoms with Crippen LogP contribution in [0, 0.1) is 15.9 Å². The highest BCUT2D eigenvalue weighted by Crippen LogP contribution is 2.24. The SMILES string of the molecule is CC(=O)ONc1cc(F)ccc1[N+](=O)[O-]. The molecule has 1 N–H and O–H groups in total. The first-order valence-corrected chi connectivity index (χ1v) is 3.88. The molecule has 0 saturated carbocycles. The van der Waals surface area contributed by atoms with Crippen molar-refractivity contribution < 1.29 is 18.9 Å². The van der Waals surface area contributed by atoms with E-state index < -0.39 is 16.7 Å². The van der Waals surface area contributed by atoms with Gasteiger partial charge in [-0.3, -0.25) is 14.9 Å². The van der Waals surface area contributed by atoms with Crippen molar-refractivity contribution in [1.82, 2.24) is 0 Å². The van der Waals surface area contributed by atoms with Crippen molar-refractivity contribution in [1.29, 1.82) is 0 Å². The Kier molecular flexibility index (Phi) is 3.17. The second kappa shape index (κ2) is 4.36. The lowest BCUT2D eigenvalue weighted by Gasteiger charge is -2.05. The van der Waals surface area contributed by atoms with E-state index in [2.05, 4.69) is 4.84 Å². The Labute approximate surface area is 83.8 Å². The monoisotopic (exact) mass is 214 g/mol. The summed E-state index contributed by atoms with van der Waals surface area (Å²) < 4.78 is 12.7. The van der Waals surface area contributed by atoms with Gasteiger partial charge in [-0.25, -0.2) is 9.87 Å². The molecule has 0 radical (unpaired) electrons. The van der Waals surface area contributed by atoms with Crippen molar-refractivity contribution in [3.63, 3.8) is 0 Å². The fourth-order valence-corrected chi connectivity index (χ4v) is 0.876. The zero-order valence-electron chi connectivity index (χ0n) is 7.69. The molecule has 0 aliphatic rings. The zero-order chi connectivity index (χ0) is 11.4. The lowest BCUT2D eigenvalue weighted by molar-refractivity contribution is -0.384. The van der Waals surface area contributed by atoms with Crippen molar-refractivity contribution in [3.8, 4) is 0 Å². The Balaban J connectivity index is 2.96. The number of nitro groups is 1. The Morgan fingerprint density at radius 3 is 2.80 bits per heavy atom. The normalized spacial score (nSPS) is 9.47. The Morgan fingerprint density at radius 1 is 1.60 bits per heavy atom. The van der Waals surface area contributed by atoms with Crippen LogP contribution in [-0.2, 0) is 9.63 Å². The summed E-state index contributed by atoms with van der Waals surface area (Å²) in [5, 5.41) is 10.5. The Hall–Kier alpha value is -2.18. The predicted octanol–water partition coefficient (Wildman–Crippen LogP) is 1.62. The first-order valence-electron chi connectivity index (χ1n) is 3.88. The molecule has 1 rings (SSSR count). The summed E-state index contributed by atoms with van der Waals surface area (Å²) in [5.41, 5.74) is 1.41. The number of rotatable bonds is 3. The van der Waals surface area contributed by atoms with Crippen LogP contribution in [0.25, 0.3) is 0 Å². The van der Waals surface area contributed by atoms with Crippen LogP contribution < -0.4 is 5.48 Å². The molecule has 6 nitrogen and oxygen atoms in total. The summed E-state index contributed by atoms with van der Waals surface area (Å²) in [6.07, 6.45) is 0. The molecule has 1 aromatic carbocycles. The molecule has 0 fully saturated rings. The summed E-state index contributed by atoms with van der Waals surface area (Å²) in [4.78, 5) is 24.5. The predicted molar refractivity (Wildman–Crippen MR) is 48.4 cm³/mol. The van der Waals surface area contributed by atoms with E-state index in [1.165, 1.54) is 0 Å². The molecule has 0 saturated heterocycles. The lowest BCUT2D eigenvalue weighted by atomic mass is 10.3. The quantitative estimate of drug-likeness (QED) is 0.610. The number of carbonyl (C=O) groups is 1. The Morgan fingerprint density at radius 2 is 2.27 bits per heavy atom. The van der Waals surface area contributed by atoms with Gasteiger partial charge in [0.2, 0.25) is 0 Å². The second-order valence-corrected chi connectivity index (χ2v) is 2.61. The third kappa shape index (κ3) is 2.90. The third-order valence-electron chi connectivity index (χ3n) is 1.46. The zero-order valence-corrected chi connectivity index (χ0v) is 7.69. The topological polar surface area (TPSA) is 81.5 Å². The van der Waals surface area contributed by atoms with Crippen LogP contribution in [0.2, 0.25) is 0 Å². The standard InChI is InChI=1S/C8H7FN2O4/c1-5(12)15-10-7-4-6(9)2-3-8(7)11(13)14/h2-4,10H,1H3. The summed E-state index contributed by atoms with van der Waals surface area (Å²) in [6, 6.07) is 2.78. The minimum Gasteiger partial charge on any atom is -0.344 e. The molecule has 7 heteroatoms. The average Bonchev–Trinajstić information content (AvgIpc) is 2.14. The number of carbonyl (C=O) groups excluding carboxylic acids is 1. The van der Waals surface area contributed by atoms with Crippen LogP contribution in [0.15, 0.2) is 18.2 Å². The maximum atomic E-state index is 12.7. The van der Waals surface area contributed by atoms with Crippen LogP contribution in [0.3, 0.4) is 0 Å². The second-order valence-electron chi connectivity index (χ2n) is 2.61. The molecule has 1 aromatic rings. The van der Waals surface area contributed by atoms with Crippen molar-refractivity contribution in [2.45, 2.75) is 6.92 Å². The highest BCUT2D eigenvalue weighted by molar-refractivity contribution is 5.69. The lowest BCUT2D eigenvalue weighted by Crippen LogP contribution is -2.08. The van der Waals surface area contributed by atoms with E-state index in [4.69, 9.17) is 0 Å². The van der Waals surface area contributed by atoms with Crippen LogP contribution in [0.1, 0.15) is 6.92 Å². The minimum absolute atomic E-state index is 0.213. The smallest absolute Gasteiger partial charge is 0.329 e. The van der Waals surface area contributed by atoms with Gasteiger partial charge >= 0.3 is 5.97 Å². The molecule has 0 aromatic heterocycles. The van der Waals surface area contributed by atoms with Gasteiger partial charge in [0.15, 0.2) is 5.69 Å². The number of benzene rings is 1. The summed E-state index contributed by atoms with van der Waals surface area (Å²) >= 11 is 0. The van der Waals surface area contributed by atoms with Crippen molar-refractivity contribution >= 4 is 17.3 Å². The van der Waals surface area contributed by atoms with Crippen LogP contribution in [0.5, 0.6) is 0 Å². The van der Waals surface area contributed by atoms with Gasteiger partial charge in [0, 0.05) is 19.1 Å². The molecule has 0 spiro atoms. The van der Waals surface area contributed by atoms with Crippen LogP contribution in [-0.4, -0.2) is 10.9 Å². The fourth-order valence-electron chi connectivity index (χ4n) is 0.876. The van der Waals surface area contributed by atoms with Crippen molar-refractivity contribution in [3.05, 3.63) is 34.1 Å². The van der Waals surface area contributed by atoms with Crippen molar-refractivity contribution in [2.75, 3.05) is 5.48 Å². The van der Waals surface area contributed by atoms with Gasteiger partial charge in [-0.15, -0.1) is 0 Å². The van der Waals surface area contributed by atoms with Gasteiger partial charge in [0.05, 0.1) is 4.92 Å². The summed E-state index contributed by atoms with van der Waals surface area (Å²) in [5.74, 6) is -1.36. The van der Waals surface area contributed by atoms with Gasteiger partial charge in [0.25, 0.3) is 5.69 Å². The summed E-state index contributed by atoms with van der Waals surface area (Å²) in [6.45, 7) is 1.11. The highest BCUT2D eigenvalue weighted by atomic mass is 19.1. The van der Waals surface area contributed by atoms with E-state index in [-0.39, 0.29) is 11.4 Å². The fraction of sp³-hybridized carbons (Fsp3) is 0.125. The molecule has 0 unspecified atom stereocenters. The van der Waals surface area contributed by atoms with E-state index in [9.17, 15) is 19.3 Å². The third-order valence-corrected chi connectivity index (χ3v) is 1.46. The molecule has 0 atom stereocenters.